The molecule has 0 spiro atoms. The van der Waals surface area contributed by atoms with E-state index in [9.17, 15) is 4.79 Å². The van der Waals surface area contributed by atoms with Gasteiger partial charge in [0.15, 0.2) is 0 Å². The molecule has 0 aliphatic carbocycles. The van der Waals surface area contributed by atoms with E-state index in [0.717, 1.165) is 24.8 Å². The summed E-state index contributed by atoms with van der Waals surface area (Å²) in [6.07, 6.45) is 5.01. The van der Waals surface area contributed by atoms with Crippen molar-refractivity contribution in [2.75, 3.05) is 13.1 Å². The van der Waals surface area contributed by atoms with Crippen molar-refractivity contribution in [2.45, 2.75) is 45.6 Å². The molecule has 0 amide bonds. The maximum atomic E-state index is 10.8. The highest BCUT2D eigenvalue weighted by molar-refractivity contribution is 5.84. The van der Waals surface area contributed by atoms with Crippen molar-refractivity contribution in [2.24, 2.45) is 5.92 Å². The molecule has 1 aliphatic heterocycles. The van der Waals surface area contributed by atoms with E-state index in [4.69, 9.17) is 9.52 Å². The Morgan fingerprint density at radius 3 is 2.89 bits per heavy atom. The number of aromatic carboxylic acids is 1. The first-order valence-electron chi connectivity index (χ1n) is 7.19. The Hall–Kier alpha value is -1.29. The van der Waals surface area contributed by atoms with Crippen LogP contribution in [-0.4, -0.2) is 29.1 Å². The van der Waals surface area contributed by atoms with Gasteiger partial charge >= 0.3 is 5.97 Å². The van der Waals surface area contributed by atoms with Gasteiger partial charge in [0, 0.05) is 0 Å². The van der Waals surface area contributed by atoms with Gasteiger partial charge in [-0.05, 0) is 57.3 Å². The molecule has 106 valence electrons. The first-order chi connectivity index (χ1) is 9.11. The minimum Gasteiger partial charge on any atom is -0.475 e. The van der Waals surface area contributed by atoms with E-state index in [0.29, 0.717) is 0 Å². The molecule has 1 N–H and O–H groups in total. The van der Waals surface area contributed by atoms with Gasteiger partial charge in [0.25, 0.3) is 0 Å². The summed E-state index contributed by atoms with van der Waals surface area (Å²) in [4.78, 5) is 13.2. The second-order valence-corrected chi connectivity index (χ2v) is 5.42. The van der Waals surface area contributed by atoms with Crippen LogP contribution in [0.15, 0.2) is 16.5 Å². The predicted octanol–water partition coefficient (Wildman–Crippen LogP) is 3.55. The molecule has 1 saturated heterocycles. The summed E-state index contributed by atoms with van der Waals surface area (Å²) in [5.74, 6) is 0.624. The number of rotatable bonds is 4. The molecule has 1 aromatic rings. The fourth-order valence-corrected chi connectivity index (χ4v) is 2.86. The monoisotopic (exact) mass is 265 g/mol. The highest BCUT2D eigenvalue weighted by atomic mass is 16.4. The number of carboxylic acids is 1. The lowest BCUT2D eigenvalue weighted by Gasteiger charge is -2.26. The molecular weight excluding hydrogens is 242 g/mol. The summed E-state index contributed by atoms with van der Waals surface area (Å²) >= 11 is 0. The van der Waals surface area contributed by atoms with Crippen molar-refractivity contribution in [1.82, 2.24) is 4.90 Å². The third kappa shape index (κ3) is 3.38. The SMILES string of the molecule is CCC1CCCN(C(C)c2ccc(C(=O)O)o2)CC1. The van der Waals surface area contributed by atoms with E-state index in [1.165, 1.54) is 25.7 Å². The zero-order valence-corrected chi connectivity index (χ0v) is 11.8. The molecule has 2 unspecified atom stereocenters. The van der Waals surface area contributed by atoms with E-state index in [1.54, 1.807) is 12.1 Å². The van der Waals surface area contributed by atoms with Crippen molar-refractivity contribution in [3.8, 4) is 0 Å². The van der Waals surface area contributed by atoms with Gasteiger partial charge in [-0.1, -0.05) is 13.3 Å². The molecule has 0 radical (unpaired) electrons. The van der Waals surface area contributed by atoms with Gasteiger partial charge < -0.3 is 9.52 Å². The van der Waals surface area contributed by atoms with Crippen LogP contribution >= 0.6 is 0 Å². The zero-order valence-electron chi connectivity index (χ0n) is 11.8. The minimum absolute atomic E-state index is 0.0307. The van der Waals surface area contributed by atoms with Crippen LogP contribution in [0.3, 0.4) is 0 Å². The fourth-order valence-electron chi connectivity index (χ4n) is 2.86. The largest absolute Gasteiger partial charge is 0.475 e. The van der Waals surface area contributed by atoms with E-state index < -0.39 is 5.97 Å². The van der Waals surface area contributed by atoms with Gasteiger partial charge in [-0.2, -0.15) is 0 Å². The Morgan fingerprint density at radius 1 is 1.47 bits per heavy atom. The number of nitrogens with zero attached hydrogens (tertiary/aromatic N) is 1. The van der Waals surface area contributed by atoms with E-state index in [-0.39, 0.29) is 11.8 Å². The molecule has 4 heteroatoms. The number of furan rings is 1. The van der Waals surface area contributed by atoms with Crippen molar-refractivity contribution in [3.63, 3.8) is 0 Å². The van der Waals surface area contributed by atoms with E-state index in [2.05, 4.69) is 18.7 Å². The Bertz CT molecular complexity index is 427. The molecule has 0 bridgehead atoms. The van der Waals surface area contributed by atoms with Crippen molar-refractivity contribution in [3.05, 3.63) is 23.7 Å². The smallest absolute Gasteiger partial charge is 0.371 e. The van der Waals surface area contributed by atoms with Crippen LogP contribution in [0, 0.1) is 5.92 Å². The van der Waals surface area contributed by atoms with Gasteiger partial charge in [-0.3, -0.25) is 4.90 Å². The number of carbonyl (C=O) groups is 1. The molecule has 2 rings (SSSR count). The molecule has 2 atom stereocenters. The molecule has 19 heavy (non-hydrogen) atoms. The van der Waals surface area contributed by atoms with Gasteiger partial charge in [0.05, 0.1) is 6.04 Å². The summed E-state index contributed by atoms with van der Waals surface area (Å²) in [6, 6.07) is 3.49. The lowest BCUT2D eigenvalue weighted by atomic mass is 9.98. The molecule has 4 nitrogen and oxygen atoms in total. The summed E-state index contributed by atoms with van der Waals surface area (Å²) in [6.45, 7) is 6.50. The van der Waals surface area contributed by atoms with Crippen LogP contribution < -0.4 is 0 Å². The summed E-state index contributed by atoms with van der Waals surface area (Å²) in [5, 5.41) is 8.89. The van der Waals surface area contributed by atoms with Crippen LogP contribution in [0.1, 0.15) is 61.9 Å². The molecule has 1 aromatic heterocycles. The molecule has 0 aromatic carbocycles. The minimum atomic E-state index is -1.000. The average molecular weight is 265 g/mol. The van der Waals surface area contributed by atoms with Crippen LogP contribution in [0.2, 0.25) is 0 Å². The molecule has 1 aliphatic rings. The second-order valence-electron chi connectivity index (χ2n) is 5.42. The maximum Gasteiger partial charge on any atom is 0.371 e. The topological polar surface area (TPSA) is 53.7 Å². The van der Waals surface area contributed by atoms with E-state index in [1.807, 2.05) is 0 Å². The molecular formula is C15H23NO3. The summed E-state index contributed by atoms with van der Waals surface area (Å²) < 4.78 is 5.41. The standard InChI is InChI=1S/C15H23NO3/c1-3-12-5-4-9-16(10-8-12)11(2)13-6-7-14(19-13)15(17)18/h6-7,11-12H,3-5,8-10H2,1-2H3,(H,17,18). The highest BCUT2D eigenvalue weighted by Gasteiger charge is 2.23. The number of carboxylic acid groups (broad SMARTS) is 1. The fraction of sp³-hybridized carbons (Fsp3) is 0.667. The number of likely N-dealkylation sites (tertiary alicyclic amines) is 1. The van der Waals surface area contributed by atoms with Crippen LogP contribution in [0.5, 0.6) is 0 Å². The van der Waals surface area contributed by atoms with Crippen LogP contribution in [-0.2, 0) is 0 Å². The maximum absolute atomic E-state index is 10.8. The lowest BCUT2D eigenvalue weighted by molar-refractivity contribution is 0.0656. The Labute approximate surface area is 114 Å². The predicted molar refractivity (Wildman–Crippen MR) is 73.3 cm³/mol. The van der Waals surface area contributed by atoms with Crippen molar-refractivity contribution in [1.29, 1.82) is 0 Å². The van der Waals surface area contributed by atoms with E-state index >= 15 is 0 Å². The third-order valence-corrected chi connectivity index (χ3v) is 4.26. The van der Waals surface area contributed by atoms with Gasteiger partial charge in [-0.15, -0.1) is 0 Å². The second kappa shape index (κ2) is 6.24. The van der Waals surface area contributed by atoms with Crippen LogP contribution in [0.25, 0.3) is 0 Å². The quantitative estimate of drug-likeness (QED) is 0.904. The molecule has 0 saturated carbocycles. The molecule has 1 fully saturated rings. The summed E-state index contributed by atoms with van der Waals surface area (Å²) in [7, 11) is 0. The third-order valence-electron chi connectivity index (χ3n) is 4.26. The Kier molecular flexibility index (Phi) is 4.64. The molecule has 2 heterocycles. The van der Waals surface area contributed by atoms with Crippen molar-refractivity contribution >= 4 is 5.97 Å². The Balaban J connectivity index is 2.01. The summed E-state index contributed by atoms with van der Waals surface area (Å²) in [5.41, 5.74) is 0. The highest BCUT2D eigenvalue weighted by Crippen LogP contribution is 2.28. The zero-order chi connectivity index (χ0) is 13.8. The first kappa shape index (κ1) is 14.1. The van der Waals surface area contributed by atoms with Gasteiger partial charge in [0.2, 0.25) is 5.76 Å². The number of hydrogen-bond acceptors (Lipinski definition) is 3. The number of hydrogen-bond donors (Lipinski definition) is 1. The average Bonchev–Trinajstić information content (AvgIpc) is 2.77. The Morgan fingerprint density at radius 2 is 2.26 bits per heavy atom. The van der Waals surface area contributed by atoms with Crippen molar-refractivity contribution < 1.29 is 14.3 Å². The lowest BCUT2D eigenvalue weighted by Crippen LogP contribution is -2.27. The van der Waals surface area contributed by atoms with Gasteiger partial charge in [-0.25, -0.2) is 4.79 Å². The normalized spacial score (nSPS) is 22.9. The van der Waals surface area contributed by atoms with Gasteiger partial charge in [0.1, 0.15) is 5.76 Å². The van der Waals surface area contributed by atoms with Crippen LogP contribution in [0.4, 0.5) is 0 Å². The first-order valence-corrected chi connectivity index (χ1v) is 7.19.